The lowest BCUT2D eigenvalue weighted by Crippen LogP contribution is -2.55. The first-order chi connectivity index (χ1) is 13.0. The predicted molar refractivity (Wildman–Crippen MR) is 103 cm³/mol. The maximum atomic E-state index is 13.3. The molecule has 0 aliphatic carbocycles. The lowest BCUT2D eigenvalue weighted by molar-refractivity contribution is -0.138. The number of carbonyl (C=O) groups excluding carboxylic acids is 2. The maximum absolute atomic E-state index is 13.3. The highest BCUT2D eigenvalue weighted by Gasteiger charge is 2.42. The van der Waals surface area contributed by atoms with Gasteiger partial charge >= 0.3 is 0 Å². The Morgan fingerprint density at radius 1 is 1.30 bits per heavy atom. The molecular weight excluding hydrogens is 344 g/mol. The SMILES string of the molecule is CCOCCn1nc(C)cc1C(=O)N1CCCC2(CCC(=O)N(CC)C2)C1. The molecule has 27 heavy (non-hydrogen) atoms. The summed E-state index contributed by atoms with van der Waals surface area (Å²) >= 11 is 0. The van der Waals surface area contributed by atoms with Crippen molar-refractivity contribution in [2.24, 2.45) is 5.41 Å². The summed E-state index contributed by atoms with van der Waals surface area (Å²) in [6.07, 6.45) is 3.56. The van der Waals surface area contributed by atoms with Gasteiger partial charge in [0.05, 0.1) is 18.8 Å². The number of ether oxygens (including phenoxy) is 1. The van der Waals surface area contributed by atoms with E-state index in [0.29, 0.717) is 31.9 Å². The van der Waals surface area contributed by atoms with E-state index in [4.69, 9.17) is 4.74 Å². The van der Waals surface area contributed by atoms with Crippen molar-refractivity contribution < 1.29 is 14.3 Å². The van der Waals surface area contributed by atoms with Crippen LogP contribution in [0.4, 0.5) is 0 Å². The Kier molecular flexibility index (Phi) is 6.19. The van der Waals surface area contributed by atoms with Crippen molar-refractivity contribution in [3.63, 3.8) is 0 Å². The Bertz CT molecular complexity index is 687. The van der Waals surface area contributed by atoms with Crippen LogP contribution >= 0.6 is 0 Å². The molecule has 1 aromatic rings. The molecule has 2 saturated heterocycles. The van der Waals surface area contributed by atoms with E-state index in [2.05, 4.69) is 5.10 Å². The first-order valence-electron chi connectivity index (χ1n) is 10.2. The van der Waals surface area contributed by atoms with Crippen LogP contribution < -0.4 is 0 Å². The largest absolute Gasteiger partial charge is 0.380 e. The summed E-state index contributed by atoms with van der Waals surface area (Å²) in [6, 6.07) is 1.87. The third-order valence-electron chi connectivity index (χ3n) is 5.85. The van der Waals surface area contributed by atoms with Crippen molar-refractivity contribution >= 4 is 11.8 Å². The highest BCUT2D eigenvalue weighted by Crippen LogP contribution is 2.39. The third-order valence-corrected chi connectivity index (χ3v) is 5.85. The van der Waals surface area contributed by atoms with Gasteiger partial charge in [0, 0.05) is 44.6 Å². The minimum Gasteiger partial charge on any atom is -0.380 e. The Labute approximate surface area is 161 Å². The molecule has 0 aromatic carbocycles. The van der Waals surface area contributed by atoms with E-state index >= 15 is 0 Å². The van der Waals surface area contributed by atoms with Crippen LogP contribution in [0.15, 0.2) is 6.07 Å². The smallest absolute Gasteiger partial charge is 0.272 e. The summed E-state index contributed by atoms with van der Waals surface area (Å²) in [5, 5.41) is 4.47. The van der Waals surface area contributed by atoms with E-state index in [0.717, 1.165) is 51.1 Å². The molecule has 2 fully saturated rings. The molecule has 1 atom stereocenters. The van der Waals surface area contributed by atoms with E-state index in [-0.39, 0.29) is 17.2 Å². The zero-order valence-corrected chi connectivity index (χ0v) is 16.9. The standard InChI is InChI=1S/C20H32N4O3/c1-4-22-14-20(9-7-18(22)25)8-6-10-23(15-20)19(26)17-13-16(3)21-24(17)11-12-27-5-2/h13H,4-12,14-15H2,1-3H3. The fraction of sp³-hybridized carbons (Fsp3) is 0.750. The summed E-state index contributed by atoms with van der Waals surface area (Å²) in [5.74, 6) is 0.294. The van der Waals surface area contributed by atoms with Crippen molar-refractivity contribution in [3.05, 3.63) is 17.5 Å². The monoisotopic (exact) mass is 376 g/mol. The van der Waals surface area contributed by atoms with E-state index in [1.807, 2.05) is 36.6 Å². The van der Waals surface area contributed by atoms with Crippen LogP contribution in [0.3, 0.4) is 0 Å². The molecule has 2 amide bonds. The summed E-state index contributed by atoms with van der Waals surface area (Å²) in [7, 11) is 0. The van der Waals surface area contributed by atoms with Crippen LogP contribution in [0.2, 0.25) is 0 Å². The molecule has 1 spiro atoms. The third kappa shape index (κ3) is 4.34. The number of aryl methyl sites for hydroxylation is 1. The van der Waals surface area contributed by atoms with Gasteiger partial charge in [-0.2, -0.15) is 5.10 Å². The highest BCUT2D eigenvalue weighted by molar-refractivity contribution is 5.93. The van der Waals surface area contributed by atoms with Crippen molar-refractivity contribution in [1.82, 2.24) is 19.6 Å². The quantitative estimate of drug-likeness (QED) is 0.713. The zero-order valence-electron chi connectivity index (χ0n) is 16.9. The second-order valence-electron chi connectivity index (χ2n) is 7.83. The molecule has 0 radical (unpaired) electrons. The van der Waals surface area contributed by atoms with Crippen molar-refractivity contribution in [1.29, 1.82) is 0 Å². The summed E-state index contributed by atoms with van der Waals surface area (Å²) in [6.45, 7) is 10.7. The average Bonchev–Trinajstić information content (AvgIpc) is 3.04. The van der Waals surface area contributed by atoms with Gasteiger partial charge in [-0.15, -0.1) is 0 Å². The number of amides is 2. The molecule has 3 rings (SSSR count). The Morgan fingerprint density at radius 3 is 2.85 bits per heavy atom. The topological polar surface area (TPSA) is 67.7 Å². The first kappa shape index (κ1) is 19.9. The van der Waals surface area contributed by atoms with Crippen molar-refractivity contribution in [2.45, 2.75) is 53.0 Å². The number of hydrogen-bond acceptors (Lipinski definition) is 4. The van der Waals surface area contributed by atoms with Crippen molar-refractivity contribution in [3.8, 4) is 0 Å². The van der Waals surface area contributed by atoms with Gasteiger partial charge in [-0.05, 0) is 46.1 Å². The van der Waals surface area contributed by atoms with Gasteiger partial charge in [0.2, 0.25) is 5.91 Å². The summed E-state index contributed by atoms with van der Waals surface area (Å²) in [4.78, 5) is 29.3. The lowest BCUT2D eigenvalue weighted by atomic mass is 9.73. The zero-order chi connectivity index (χ0) is 19.4. The fourth-order valence-electron chi connectivity index (χ4n) is 4.45. The number of likely N-dealkylation sites (tertiary alicyclic amines) is 2. The van der Waals surface area contributed by atoms with E-state index in [1.54, 1.807) is 4.68 Å². The van der Waals surface area contributed by atoms with E-state index in [1.165, 1.54) is 0 Å². The molecule has 150 valence electrons. The average molecular weight is 377 g/mol. The molecule has 7 heteroatoms. The highest BCUT2D eigenvalue weighted by atomic mass is 16.5. The normalized spacial score (nSPS) is 23.3. The molecule has 2 aliphatic heterocycles. The maximum Gasteiger partial charge on any atom is 0.272 e. The van der Waals surface area contributed by atoms with Crippen LogP contribution in [-0.4, -0.2) is 70.8 Å². The molecule has 3 heterocycles. The molecule has 2 aliphatic rings. The van der Waals surface area contributed by atoms with Gasteiger partial charge in [0.25, 0.3) is 5.91 Å². The Hall–Kier alpha value is -1.89. The van der Waals surface area contributed by atoms with Crippen LogP contribution in [0.5, 0.6) is 0 Å². The van der Waals surface area contributed by atoms with Gasteiger partial charge in [0.15, 0.2) is 0 Å². The van der Waals surface area contributed by atoms with E-state index < -0.39 is 0 Å². The van der Waals surface area contributed by atoms with Gasteiger partial charge in [0.1, 0.15) is 5.69 Å². The molecule has 1 unspecified atom stereocenters. The van der Waals surface area contributed by atoms with E-state index in [9.17, 15) is 9.59 Å². The lowest BCUT2D eigenvalue weighted by Gasteiger charge is -2.48. The number of carbonyl (C=O) groups is 2. The predicted octanol–water partition coefficient (Wildman–Crippen LogP) is 2.09. The second kappa shape index (κ2) is 8.42. The summed E-state index contributed by atoms with van der Waals surface area (Å²) < 4.78 is 7.20. The van der Waals surface area contributed by atoms with Gasteiger partial charge in [-0.3, -0.25) is 14.3 Å². The second-order valence-corrected chi connectivity index (χ2v) is 7.83. The fourth-order valence-corrected chi connectivity index (χ4v) is 4.45. The number of nitrogens with zero attached hydrogens (tertiary/aromatic N) is 4. The van der Waals surface area contributed by atoms with Gasteiger partial charge in [-0.25, -0.2) is 0 Å². The molecule has 1 aromatic heterocycles. The number of piperidine rings is 2. The molecule has 0 bridgehead atoms. The van der Waals surface area contributed by atoms with Gasteiger partial charge in [-0.1, -0.05) is 0 Å². The van der Waals surface area contributed by atoms with Gasteiger partial charge < -0.3 is 14.5 Å². The first-order valence-corrected chi connectivity index (χ1v) is 10.2. The van der Waals surface area contributed by atoms with Crippen LogP contribution in [0, 0.1) is 12.3 Å². The number of rotatable bonds is 6. The number of hydrogen-bond donors (Lipinski definition) is 0. The minimum atomic E-state index is 0.0447. The molecule has 0 saturated carbocycles. The molecule has 0 N–H and O–H groups in total. The molecule has 7 nitrogen and oxygen atoms in total. The minimum absolute atomic E-state index is 0.0447. The van der Waals surface area contributed by atoms with Crippen LogP contribution in [0.1, 0.15) is 55.7 Å². The van der Waals surface area contributed by atoms with Crippen LogP contribution in [0.25, 0.3) is 0 Å². The van der Waals surface area contributed by atoms with Crippen LogP contribution in [-0.2, 0) is 16.1 Å². The summed E-state index contributed by atoms with van der Waals surface area (Å²) in [5.41, 5.74) is 1.54. The number of aromatic nitrogens is 2. The molecular formula is C20H32N4O3. The van der Waals surface area contributed by atoms with Crippen molar-refractivity contribution in [2.75, 3.05) is 39.4 Å². The Morgan fingerprint density at radius 2 is 2.11 bits per heavy atom. The Balaban J connectivity index is 1.73.